The highest BCUT2D eigenvalue weighted by Gasteiger charge is 2.23. The number of likely N-dealkylation sites (tertiary alicyclic amines) is 1. The highest BCUT2D eigenvalue weighted by Crippen LogP contribution is 2.22. The van der Waals surface area contributed by atoms with Crippen molar-refractivity contribution in [3.63, 3.8) is 0 Å². The number of hydrogen-bond acceptors (Lipinski definition) is 3. The van der Waals surface area contributed by atoms with Crippen LogP contribution in [0.15, 0.2) is 11.4 Å². The minimum absolute atomic E-state index is 0.0979. The van der Waals surface area contributed by atoms with Gasteiger partial charge in [0, 0.05) is 17.3 Å². The summed E-state index contributed by atoms with van der Waals surface area (Å²) in [5.41, 5.74) is 6.69. The molecule has 1 aliphatic heterocycles. The van der Waals surface area contributed by atoms with E-state index < -0.39 is 0 Å². The number of nitrogens with zero attached hydrogens (tertiary/aromatic N) is 1. The number of hydrogen-bond donors (Lipinski definition) is 1. The van der Waals surface area contributed by atoms with Crippen LogP contribution in [-0.2, 0) is 11.3 Å². The van der Waals surface area contributed by atoms with Gasteiger partial charge in [-0.15, -0.1) is 11.3 Å². The summed E-state index contributed by atoms with van der Waals surface area (Å²) in [7, 11) is 0. The Morgan fingerprint density at radius 1 is 1.56 bits per heavy atom. The molecule has 1 aromatic rings. The number of amides is 1. The number of piperidine rings is 1. The van der Waals surface area contributed by atoms with Gasteiger partial charge in [-0.25, -0.2) is 0 Å². The maximum atomic E-state index is 11.0. The fourth-order valence-corrected chi connectivity index (χ4v) is 3.09. The van der Waals surface area contributed by atoms with Crippen LogP contribution in [0.4, 0.5) is 0 Å². The van der Waals surface area contributed by atoms with E-state index in [0.717, 1.165) is 32.5 Å². The molecular weight excluding hydrogens is 220 g/mol. The molecule has 0 atom stereocenters. The van der Waals surface area contributed by atoms with Gasteiger partial charge in [0.15, 0.2) is 0 Å². The van der Waals surface area contributed by atoms with Gasteiger partial charge < -0.3 is 5.73 Å². The number of aryl methyl sites for hydroxylation is 1. The van der Waals surface area contributed by atoms with E-state index in [4.69, 9.17) is 5.73 Å². The molecule has 0 aromatic carbocycles. The second-order valence-electron chi connectivity index (χ2n) is 4.48. The van der Waals surface area contributed by atoms with Crippen molar-refractivity contribution < 1.29 is 4.79 Å². The molecule has 1 amide bonds. The summed E-state index contributed by atoms with van der Waals surface area (Å²) in [5.74, 6) is -0.0346. The number of rotatable bonds is 3. The van der Waals surface area contributed by atoms with Crippen molar-refractivity contribution in [2.24, 2.45) is 11.7 Å². The summed E-state index contributed by atoms with van der Waals surface area (Å²) in [5, 5.41) is 2.14. The van der Waals surface area contributed by atoms with Gasteiger partial charge in [0.2, 0.25) is 5.91 Å². The van der Waals surface area contributed by atoms with Gasteiger partial charge in [0.25, 0.3) is 0 Å². The molecule has 2 heterocycles. The van der Waals surface area contributed by atoms with Crippen LogP contribution in [0.3, 0.4) is 0 Å². The molecule has 1 saturated heterocycles. The fourth-order valence-electron chi connectivity index (χ4n) is 2.14. The number of carbonyl (C=O) groups is 1. The van der Waals surface area contributed by atoms with Crippen LogP contribution >= 0.6 is 11.3 Å². The second kappa shape index (κ2) is 4.97. The predicted molar refractivity (Wildman–Crippen MR) is 66.3 cm³/mol. The van der Waals surface area contributed by atoms with Gasteiger partial charge in [-0.1, -0.05) is 0 Å². The molecule has 2 rings (SSSR count). The topological polar surface area (TPSA) is 46.3 Å². The van der Waals surface area contributed by atoms with Crippen molar-refractivity contribution in [3.05, 3.63) is 21.9 Å². The number of carbonyl (C=O) groups excluding carboxylic acids is 1. The first-order chi connectivity index (χ1) is 7.66. The predicted octanol–water partition coefficient (Wildman–Crippen LogP) is 1.75. The van der Waals surface area contributed by atoms with Crippen molar-refractivity contribution >= 4 is 17.2 Å². The summed E-state index contributed by atoms with van der Waals surface area (Å²) in [6.07, 6.45) is 1.83. The van der Waals surface area contributed by atoms with Crippen LogP contribution in [0.5, 0.6) is 0 Å². The molecule has 0 saturated carbocycles. The van der Waals surface area contributed by atoms with Gasteiger partial charge in [-0.3, -0.25) is 9.69 Å². The molecule has 0 bridgehead atoms. The monoisotopic (exact) mass is 238 g/mol. The van der Waals surface area contributed by atoms with E-state index in [1.54, 1.807) is 0 Å². The average Bonchev–Trinajstić information content (AvgIpc) is 2.65. The maximum Gasteiger partial charge on any atom is 0.220 e. The molecule has 1 aromatic heterocycles. The van der Waals surface area contributed by atoms with Crippen molar-refractivity contribution in [2.45, 2.75) is 26.3 Å². The summed E-state index contributed by atoms with van der Waals surface area (Å²) in [4.78, 5) is 14.9. The van der Waals surface area contributed by atoms with Crippen molar-refractivity contribution in [2.75, 3.05) is 13.1 Å². The zero-order valence-corrected chi connectivity index (χ0v) is 10.4. The van der Waals surface area contributed by atoms with E-state index in [0.29, 0.717) is 0 Å². The van der Waals surface area contributed by atoms with Crippen molar-refractivity contribution in [1.82, 2.24) is 4.90 Å². The minimum Gasteiger partial charge on any atom is -0.369 e. The molecule has 1 aliphatic rings. The molecule has 88 valence electrons. The summed E-state index contributed by atoms with van der Waals surface area (Å²) in [6, 6.07) is 2.16. The molecule has 0 unspecified atom stereocenters. The summed E-state index contributed by atoms with van der Waals surface area (Å²) >= 11 is 1.82. The molecule has 2 N–H and O–H groups in total. The van der Waals surface area contributed by atoms with Crippen LogP contribution in [0.25, 0.3) is 0 Å². The lowest BCUT2D eigenvalue weighted by molar-refractivity contribution is -0.123. The molecule has 3 nitrogen and oxygen atoms in total. The van der Waals surface area contributed by atoms with E-state index in [9.17, 15) is 4.79 Å². The van der Waals surface area contributed by atoms with Crippen LogP contribution in [-0.4, -0.2) is 23.9 Å². The molecule has 4 heteroatoms. The Morgan fingerprint density at radius 3 is 2.75 bits per heavy atom. The third kappa shape index (κ3) is 2.62. The Bertz CT molecular complexity index is 367. The minimum atomic E-state index is -0.132. The first kappa shape index (κ1) is 11.6. The molecule has 1 fully saturated rings. The van der Waals surface area contributed by atoms with Gasteiger partial charge >= 0.3 is 0 Å². The maximum absolute atomic E-state index is 11.0. The second-order valence-corrected chi connectivity index (χ2v) is 5.48. The molecule has 0 spiro atoms. The molecule has 16 heavy (non-hydrogen) atoms. The van der Waals surface area contributed by atoms with Gasteiger partial charge in [-0.05, 0) is 49.9 Å². The van der Waals surface area contributed by atoms with E-state index in [1.165, 1.54) is 10.4 Å². The Hall–Kier alpha value is -0.870. The zero-order chi connectivity index (χ0) is 11.5. The summed E-state index contributed by atoms with van der Waals surface area (Å²) in [6.45, 7) is 5.16. The van der Waals surface area contributed by atoms with E-state index in [2.05, 4.69) is 23.3 Å². The lowest BCUT2D eigenvalue weighted by Crippen LogP contribution is -2.38. The molecule has 0 radical (unpaired) electrons. The highest BCUT2D eigenvalue weighted by molar-refractivity contribution is 7.10. The molecular formula is C12H18N2OS. The van der Waals surface area contributed by atoms with Gasteiger partial charge in [-0.2, -0.15) is 0 Å². The average molecular weight is 238 g/mol. The number of primary amides is 1. The van der Waals surface area contributed by atoms with E-state index in [1.807, 2.05) is 11.3 Å². The highest BCUT2D eigenvalue weighted by atomic mass is 32.1. The first-order valence-corrected chi connectivity index (χ1v) is 6.59. The third-order valence-electron chi connectivity index (χ3n) is 3.33. The molecule has 0 aliphatic carbocycles. The van der Waals surface area contributed by atoms with Crippen LogP contribution in [0.1, 0.15) is 23.3 Å². The lowest BCUT2D eigenvalue weighted by Gasteiger charge is -2.30. The number of nitrogens with two attached hydrogens (primary N) is 1. The van der Waals surface area contributed by atoms with Crippen LogP contribution < -0.4 is 5.73 Å². The normalized spacial score (nSPS) is 18.8. The van der Waals surface area contributed by atoms with Gasteiger partial charge in [0.1, 0.15) is 0 Å². The SMILES string of the molecule is Cc1ccsc1CN1CCC(C(N)=O)CC1. The van der Waals surface area contributed by atoms with Crippen LogP contribution in [0, 0.1) is 12.8 Å². The Morgan fingerprint density at radius 2 is 2.25 bits per heavy atom. The van der Waals surface area contributed by atoms with Crippen LogP contribution in [0.2, 0.25) is 0 Å². The van der Waals surface area contributed by atoms with Gasteiger partial charge in [0.05, 0.1) is 0 Å². The van der Waals surface area contributed by atoms with E-state index in [-0.39, 0.29) is 11.8 Å². The first-order valence-electron chi connectivity index (χ1n) is 5.71. The Labute approximate surface area is 100 Å². The quantitative estimate of drug-likeness (QED) is 0.872. The standard InChI is InChI=1S/C12H18N2OS/c1-9-4-7-16-11(9)8-14-5-2-10(3-6-14)12(13)15/h4,7,10H,2-3,5-6,8H2,1H3,(H2,13,15). The largest absolute Gasteiger partial charge is 0.369 e. The van der Waals surface area contributed by atoms with E-state index >= 15 is 0 Å². The fraction of sp³-hybridized carbons (Fsp3) is 0.583. The summed E-state index contributed by atoms with van der Waals surface area (Å²) < 4.78 is 0. The zero-order valence-electron chi connectivity index (χ0n) is 9.61. The Kier molecular flexibility index (Phi) is 3.61. The third-order valence-corrected chi connectivity index (χ3v) is 4.33. The van der Waals surface area contributed by atoms with Crippen molar-refractivity contribution in [3.8, 4) is 0 Å². The number of thiophene rings is 1. The lowest BCUT2D eigenvalue weighted by atomic mass is 9.96. The Balaban J connectivity index is 1.86. The smallest absolute Gasteiger partial charge is 0.220 e. The van der Waals surface area contributed by atoms with Crippen molar-refractivity contribution in [1.29, 1.82) is 0 Å².